The van der Waals surface area contributed by atoms with Crippen LogP contribution in [0.15, 0.2) is 42.7 Å². The summed E-state index contributed by atoms with van der Waals surface area (Å²) >= 11 is 0. The summed E-state index contributed by atoms with van der Waals surface area (Å²) < 4.78 is 14.4. The van der Waals surface area contributed by atoms with Gasteiger partial charge in [0.05, 0.1) is 17.4 Å². The van der Waals surface area contributed by atoms with Crippen LogP contribution in [0.3, 0.4) is 0 Å². The molecule has 0 amide bonds. The number of aromatic nitrogens is 2. The van der Waals surface area contributed by atoms with Crippen LogP contribution in [0.5, 0.6) is 0 Å². The predicted octanol–water partition coefficient (Wildman–Crippen LogP) is 5.13. The molecule has 4 heteroatoms. The van der Waals surface area contributed by atoms with Gasteiger partial charge < -0.3 is 4.98 Å². The molecule has 0 spiro atoms. The SMILES string of the molecule is CN(Cc1ccc(-c2cc3nc[nH]c3cc2F)cc1)C1CCCCC1. The normalized spacial score (nSPS) is 16.0. The van der Waals surface area contributed by atoms with Gasteiger partial charge in [-0.15, -0.1) is 0 Å². The summed E-state index contributed by atoms with van der Waals surface area (Å²) in [5.41, 5.74) is 4.29. The van der Waals surface area contributed by atoms with Crippen LogP contribution in [-0.4, -0.2) is 28.0 Å². The lowest BCUT2D eigenvalue weighted by atomic mass is 9.94. The van der Waals surface area contributed by atoms with Gasteiger partial charge in [0.2, 0.25) is 0 Å². The fraction of sp³-hybridized carbons (Fsp3) is 0.381. The first kappa shape index (κ1) is 16.3. The summed E-state index contributed by atoms with van der Waals surface area (Å²) in [6, 6.07) is 12.3. The quantitative estimate of drug-likeness (QED) is 0.715. The molecule has 1 heterocycles. The highest BCUT2D eigenvalue weighted by Gasteiger charge is 2.18. The maximum absolute atomic E-state index is 14.4. The summed E-state index contributed by atoms with van der Waals surface area (Å²) in [6.45, 7) is 0.950. The molecular formula is C21H24FN3. The minimum atomic E-state index is -0.219. The van der Waals surface area contributed by atoms with Gasteiger partial charge in [-0.3, -0.25) is 4.90 Å². The fourth-order valence-electron chi connectivity index (χ4n) is 3.91. The van der Waals surface area contributed by atoms with Crippen LogP contribution in [0.25, 0.3) is 22.2 Å². The van der Waals surface area contributed by atoms with E-state index >= 15 is 0 Å². The number of hydrogen-bond acceptors (Lipinski definition) is 2. The Morgan fingerprint density at radius 3 is 2.64 bits per heavy atom. The highest BCUT2D eigenvalue weighted by Crippen LogP contribution is 2.27. The van der Waals surface area contributed by atoms with E-state index in [0.29, 0.717) is 11.6 Å². The van der Waals surface area contributed by atoms with E-state index in [4.69, 9.17) is 0 Å². The van der Waals surface area contributed by atoms with Gasteiger partial charge in [-0.2, -0.15) is 0 Å². The Bertz CT molecular complexity index is 847. The molecule has 130 valence electrons. The smallest absolute Gasteiger partial charge is 0.133 e. The predicted molar refractivity (Wildman–Crippen MR) is 99.8 cm³/mol. The lowest BCUT2D eigenvalue weighted by Gasteiger charge is -2.31. The van der Waals surface area contributed by atoms with Crippen molar-refractivity contribution >= 4 is 11.0 Å². The van der Waals surface area contributed by atoms with Crippen LogP contribution < -0.4 is 0 Å². The van der Waals surface area contributed by atoms with Crippen LogP contribution >= 0.6 is 0 Å². The standard InChI is InChI=1S/C21H24FN3/c1-25(17-5-3-2-4-6-17)13-15-7-9-16(10-8-15)18-11-20-21(12-19(18)22)24-14-23-20/h7-12,14,17H,2-6,13H2,1H3,(H,23,24). The van der Waals surface area contributed by atoms with Crippen molar-refractivity contribution in [3.05, 3.63) is 54.1 Å². The molecule has 1 aromatic heterocycles. The minimum Gasteiger partial charge on any atom is -0.345 e. The molecule has 3 nitrogen and oxygen atoms in total. The summed E-state index contributed by atoms with van der Waals surface area (Å²) in [5.74, 6) is -0.219. The summed E-state index contributed by atoms with van der Waals surface area (Å²) in [7, 11) is 2.22. The summed E-state index contributed by atoms with van der Waals surface area (Å²) in [6.07, 6.45) is 8.29. The second kappa shape index (κ2) is 6.96. The number of nitrogens with one attached hydrogen (secondary N) is 1. The highest BCUT2D eigenvalue weighted by molar-refractivity contribution is 5.82. The average molecular weight is 337 g/mol. The Morgan fingerprint density at radius 1 is 1.12 bits per heavy atom. The third kappa shape index (κ3) is 3.45. The third-order valence-corrected chi connectivity index (χ3v) is 5.40. The number of benzene rings is 2. The first-order chi connectivity index (χ1) is 12.2. The molecule has 0 aliphatic heterocycles. The molecule has 4 rings (SSSR count). The first-order valence-electron chi connectivity index (χ1n) is 9.13. The van der Waals surface area contributed by atoms with E-state index in [0.717, 1.165) is 23.1 Å². The maximum atomic E-state index is 14.4. The average Bonchev–Trinajstić information content (AvgIpc) is 3.09. The molecule has 1 fully saturated rings. The molecule has 1 N–H and O–H groups in total. The molecule has 25 heavy (non-hydrogen) atoms. The van der Waals surface area contributed by atoms with Gasteiger partial charge in [0.25, 0.3) is 0 Å². The van der Waals surface area contributed by atoms with Crippen molar-refractivity contribution < 1.29 is 4.39 Å². The van der Waals surface area contributed by atoms with Crippen LogP contribution in [0.1, 0.15) is 37.7 Å². The van der Waals surface area contributed by atoms with Crippen molar-refractivity contribution in [2.75, 3.05) is 7.05 Å². The van der Waals surface area contributed by atoms with Gasteiger partial charge in [0.1, 0.15) is 5.82 Å². The van der Waals surface area contributed by atoms with Gasteiger partial charge >= 0.3 is 0 Å². The van der Waals surface area contributed by atoms with Crippen LogP contribution in [-0.2, 0) is 6.54 Å². The molecule has 2 aromatic carbocycles. The van der Waals surface area contributed by atoms with Gasteiger partial charge in [0, 0.05) is 24.2 Å². The van der Waals surface area contributed by atoms with Gasteiger partial charge in [-0.25, -0.2) is 9.37 Å². The molecule has 0 saturated heterocycles. The number of aromatic amines is 1. The van der Waals surface area contributed by atoms with Crippen LogP contribution in [0.2, 0.25) is 0 Å². The van der Waals surface area contributed by atoms with Crippen LogP contribution in [0, 0.1) is 5.82 Å². The molecule has 0 radical (unpaired) electrons. The third-order valence-electron chi connectivity index (χ3n) is 5.40. The molecule has 0 atom stereocenters. The molecular weight excluding hydrogens is 313 g/mol. The summed E-state index contributed by atoms with van der Waals surface area (Å²) in [4.78, 5) is 9.63. The van der Waals surface area contributed by atoms with Crippen molar-refractivity contribution in [2.45, 2.75) is 44.7 Å². The van der Waals surface area contributed by atoms with Crippen molar-refractivity contribution in [1.82, 2.24) is 14.9 Å². The number of H-pyrrole nitrogens is 1. The topological polar surface area (TPSA) is 31.9 Å². The zero-order valence-electron chi connectivity index (χ0n) is 14.6. The van der Waals surface area contributed by atoms with E-state index < -0.39 is 0 Å². The van der Waals surface area contributed by atoms with Gasteiger partial charge in [-0.05, 0) is 37.1 Å². The Hall–Kier alpha value is -2.20. The number of halogens is 1. The van der Waals surface area contributed by atoms with E-state index in [1.54, 1.807) is 6.33 Å². The summed E-state index contributed by atoms with van der Waals surface area (Å²) in [5, 5.41) is 0. The zero-order chi connectivity index (χ0) is 17.2. The van der Waals surface area contributed by atoms with Crippen molar-refractivity contribution in [3.63, 3.8) is 0 Å². The molecule has 1 saturated carbocycles. The number of hydrogen-bond donors (Lipinski definition) is 1. The van der Waals surface area contributed by atoms with E-state index in [9.17, 15) is 4.39 Å². The number of rotatable bonds is 4. The lowest BCUT2D eigenvalue weighted by Crippen LogP contribution is -2.32. The van der Waals surface area contributed by atoms with Gasteiger partial charge in [-0.1, -0.05) is 43.5 Å². The maximum Gasteiger partial charge on any atom is 0.133 e. The largest absolute Gasteiger partial charge is 0.345 e. The second-order valence-corrected chi connectivity index (χ2v) is 7.16. The Balaban J connectivity index is 1.51. The zero-order valence-corrected chi connectivity index (χ0v) is 14.6. The van der Waals surface area contributed by atoms with E-state index in [1.165, 1.54) is 43.7 Å². The van der Waals surface area contributed by atoms with E-state index in [1.807, 2.05) is 18.2 Å². The molecule has 1 aliphatic carbocycles. The number of imidazole rings is 1. The minimum absolute atomic E-state index is 0.219. The highest BCUT2D eigenvalue weighted by atomic mass is 19.1. The van der Waals surface area contributed by atoms with E-state index in [2.05, 4.69) is 34.0 Å². The Kier molecular flexibility index (Phi) is 4.53. The Morgan fingerprint density at radius 2 is 1.88 bits per heavy atom. The van der Waals surface area contributed by atoms with E-state index in [-0.39, 0.29) is 5.82 Å². The van der Waals surface area contributed by atoms with Crippen molar-refractivity contribution in [2.24, 2.45) is 0 Å². The monoisotopic (exact) mass is 337 g/mol. The van der Waals surface area contributed by atoms with Gasteiger partial charge in [0.15, 0.2) is 0 Å². The molecule has 3 aromatic rings. The molecule has 1 aliphatic rings. The molecule has 0 bridgehead atoms. The van der Waals surface area contributed by atoms with Crippen LogP contribution in [0.4, 0.5) is 4.39 Å². The van der Waals surface area contributed by atoms with Crippen molar-refractivity contribution in [1.29, 1.82) is 0 Å². The van der Waals surface area contributed by atoms with Crippen molar-refractivity contribution in [3.8, 4) is 11.1 Å². The lowest BCUT2D eigenvalue weighted by molar-refractivity contribution is 0.184. The Labute approximate surface area is 147 Å². The second-order valence-electron chi connectivity index (χ2n) is 7.16. The fourth-order valence-corrected chi connectivity index (χ4v) is 3.91. The first-order valence-corrected chi connectivity index (χ1v) is 9.13. The number of nitrogens with zero attached hydrogens (tertiary/aromatic N) is 2. The molecule has 0 unspecified atom stereocenters. The number of fused-ring (bicyclic) bond motifs is 1.